The number of aryl methyl sites for hydroxylation is 1. The lowest BCUT2D eigenvalue weighted by molar-refractivity contribution is 0.144. The van der Waals surface area contributed by atoms with E-state index in [2.05, 4.69) is 9.97 Å². The number of nitrogens with zero attached hydrogens (tertiary/aromatic N) is 4. The van der Waals surface area contributed by atoms with Gasteiger partial charge in [-0.25, -0.2) is 14.0 Å². The third-order valence-corrected chi connectivity index (χ3v) is 5.64. The second-order valence-electron chi connectivity index (χ2n) is 7.83. The summed E-state index contributed by atoms with van der Waals surface area (Å²) in [6.07, 6.45) is 2.14. The molecule has 0 aliphatic carbocycles. The van der Waals surface area contributed by atoms with Crippen molar-refractivity contribution < 1.29 is 14.3 Å². The van der Waals surface area contributed by atoms with Crippen molar-refractivity contribution in [2.45, 2.75) is 52.1 Å². The van der Waals surface area contributed by atoms with Gasteiger partial charge in [0, 0.05) is 26.2 Å². The van der Waals surface area contributed by atoms with Gasteiger partial charge < -0.3 is 15.0 Å². The van der Waals surface area contributed by atoms with Crippen molar-refractivity contribution in [1.29, 1.82) is 0 Å². The zero-order valence-corrected chi connectivity index (χ0v) is 19.1. The van der Waals surface area contributed by atoms with Crippen LogP contribution in [-0.4, -0.2) is 48.3 Å². The van der Waals surface area contributed by atoms with E-state index in [0.717, 1.165) is 23.8 Å². The summed E-state index contributed by atoms with van der Waals surface area (Å²) >= 11 is 5.94. The van der Waals surface area contributed by atoms with Crippen LogP contribution in [0.3, 0.4) is 0 Å². The van der Waals surface area contributed by atoms with Gasteiger partial charge in [0.15, 0.2) is 11.2 Å². The molecule has 11 heteroatoms. The van der Waals surface area contributed by atoms with Gasteiger partial charge in [0.25, 0.3) is 5.56 Å². The number of aromatic nitrogens is 4. The first kappa shape index (κ1) is 24.5. The molecule has 0 bridgehead atoms. The molecule has 3 rings (SSSR count). The van der Waals surface area contributed by atoms with Crippen LogP contribution in [0.15, 0.2) is 33.9 Å². The van der Waals surface area contributed by atoms with Gasteiger partial charge in [-0.1, -0.05) is 31.9 Å². The summed E-state index contributed by atoms with van der Waals surface area (Å²) in [7, 11) is 0. The van der Waals surface area contributed by atoms with Crippen LogP contribution in [-0.2, 0) is 19.5 Å². The molecule has 0 fully saturated rings. The lowest BCUT2D eigenvalue weighted by Crippen LogP contribution is -2.41. The number of fused-ring (bicyclic) bond motifs is 1. The molecule has 0 aliphatic heterocycles. The maximum absolute atomic E-state index is 13.4. The molecule has 0 saturated heterocycles. The number of benzene rings is 1. The maximum Gasteiger partial charge on any atom is 0.407 e. The SMILES string of the molecule is CCCCCn1c(=O)n(CCCN(CCc2cccc(F)c2)C(=O)O)c(=O)c2[nH]c(Cl)nc21. The van der Waals surface area contributed by atoms with E-state index < -0.39 is 17.3 Å². The van der Waals surface area contributed by atoms with E-state index >= 15 is 0 Å². The predicted octanol–water partition coefficient (Wildman–Crippen LogP) is 3.48. The van der Waals surface area contributed by atoms with Gasteiger partial charge in [0.1, 0.15) is 5.82 Å². The Morgan fingerprint density at radius 2 is 1.94 bits per heavy atom. The van der Waals surface area contributed by atoms with E-state index in [0.29, 0.717) is 18.5 Å². The van der Waals surface area contributed by atoms with Gasteiger partial charge in [0.05, 0.1) is 0 Å². The summed E-state index contributed by atoms with van der Waals surface area (Å²) in [5, 5.41) is 9.54. The van der Waals surface area contributed by atoms with E-state index in [1.807, 2.05) is 6.92 Å². The molecule has 0 atom stereocenters. The Bertz CT molecular complexity index is 1240. The summed E-state index contributed by atoms with van der Waals surface area (Å²) in [5.74, 6) is -0.377. The van der Waals surface area contributed by atoms with Crippen LogP contribution in [0.5, 0.6) is 0 Å². The second-order valence-corrected chi connectivity index (χ2v) is 8.19. The molecule has 2 N–H and O–H groups in total. The summed E-state index contributed by atoms with van der Waals surface area (Å²) in [5.41, 5.74) is 0.0343. The lowest BCUT2D eigenvalue weighted by atomic mass is 10.1. The number of unbranched alkanes of at least 4 members (excludes halogenated alkanes) is 2. The maximum atomic E-state index is 13.4. The molecule has 1 aromatic carbocycles. The van der Waals surface area contributed by atoms with E-state index in [4.69, 9.17) is 11.6 Å². The molecular weight excluding hydrogens is 453 g/mol. The molecule has 0 unspecified atom stereocenters. The summed E-state index contributed by atoms with van der Waals surface area (Å²) in [4.78, 5) is 45.5. The van der Waals surface area contributed by atoms with E-state index in [1.165, 1.54) is 21.6 Å². The molecule has 33 heavy (non-hydrogen) atoms. The molecular formula is C22H27ClFN5O4. The highest BCUT2D eigenvalue weighted by atomic mass is 35.5. The van der Waals surface area contributed by atoms with Crippen LogP contribution in [0.2, 0.25) is 5.28 Å². The topological polar surface area (TPSA) is 113 Å². The molecule has 0 spiro atoms. The van der Waals surface area contributed by atoms with Gasteiger partial charge in [-0.2, -0.15) is 4.98 Å². The Labute approximate surface area is 194 Å². The van der Waals surface area contributed by atoms with Gasteiger partial charge in [0.2, 0.25) is 5.28 Å². The van der Waals surface area contributed by atoms with Gasteiger partial charge in [-0.05, 0) is 48.6 Å². The van der Waals surface area contributed by atoms with Crippen LogP contribution in [0.25, 0.3) is 11.2 Å². The highest BCUT2D eigenvalue weighted by molar-refractivity contribution is 6.28. The monoisotopic (exact) mass is 479 g/mol. The van der Waals surface area contributed by atoms with Crippen LogP contribution < -0.4 is 11.2 Å². The Kier molecular flexibility index (Phi) is 8.26. The van der Waals surface area contributed by atoms with Gasteiger partial charge in [-0.15, -0.1) is 0 Å². The smallest absolute Gasteiger partial charge is 0.407 e. The quantitative estimate of drug-likeness (QED) is 0.323. The van der Waals surface area contributed by atoms with Crippen molar-refractivity contribution in [2.24, 2.45) is 0 Å². The number of carbonyl (C=O) groups is 1. The van der Waals surface area contributed by atoms with Crippen LogP contribution in [0, 0.1) is 5.82 Å². The van der Waals surface area contributed by atoms with Crippen LogP contribution in [0.4, 0.5) is 9.18 Å². The third-order valence-electron chi connectivity index (χ3n) is 5.46. The van der Waals surface area contributed by atoms with Gasteiger partial charge in [-0.3, -0.25) is 13.9 Å². The minimum absolute atomic E-state index is 0.0258. The number of amides is 1. The molecule has 0 saturated carbocycles. The first-order valence-electron chi connectivity index (χ1n) is 10.9. The fourth-order valence-electron chi connectivity index (χ4n) is 3.74. The van der Waals surface area contributed by atoms with E-state index in [1.54, 1.807) is 12.1 Å². The van der Waals surface area contributed by atoms with Crippen molar-refractivity contribution in [3.8, 4) is 0 Å². The Morgan fingerprint density at radius 3 is 2.64 bits per heavy atom. The van der Waals surface area contributed by atoms with E-state index in [9.17, 15) is 23.9 Å². The average molecular weight is 480 g/mol. The summed E-state index contributed by atoms with van der Waals surface area (Å²) in [6.45, 7) is 2.78. The fraction of sp³-hybridized carbons (Fsp3) is 0.455. The number of H-pyrrole nitrogens is 1. The van der Waals surface area contributed by atoms with Gasteiger partial charge >= 0.3 is 11.8 Å². The minimum atomic E-state index is -1.12. The minimum Gasteiger partial charge on any atom is -0.465 e. The zero-order chi connectivity index (χ0) is 24.0. The molecule has 2 heterocycles. The molecule has 178 valence electrons. The Hall–Kier alpha value is -3.14. The number of aromatic amines is 1. The molecule has 1 amide bonds. The van der Waals surface area contributed by atoms with Crippen molar-refractivity contribution in [3.63, 3.8) is 0 Å². The van der Waals surface area contributed by atoms with Crippen LogP contribution in [0.1, 0.15) is 38.2 Å². The summed E-state index contributed by atoms with van der Waals surface area (Å²) in [6, 6.07) is 6.00. The number of nitrogens with one attached hydrogen (secondary N) is 1. The molecule has 2 aromatic heterocycles. The third kappa shape index (κ3) is 6.01. The number of halogens is 2. The normalized spacial score (nSPS) is 11.2. The average Bonchev–Trinajstić information content (AvgIpc) is 3.16. The van der Waals surface area contributed by atoms with Crippen molar-refractivity contribution in [2.75, 3.05) is 13.1 Å². The zero-order valence-electron chi connectivity index (χ0n) is 18.4. The van der Waals surface area contributed by atoms with Crippen molar-refractivity contribution >= 4 is 28.9 Å². The summed E-state index contributed by atoms with van der Waals surface area (Å²) < 4.78 is 15.9. The molecule has 3 aromatic rings. The van der Waals surface area contributed by atoms with Crippen molar-refractivity contribution in [1.82, 2.24) is 24.0 Å². The molecule has 0 radical (unpaired) electrons. The standard InChI is InChI=1S/C22H27ClFN5O4/c1-2-3-4-11-28-18-17(25-20(23)26-18)19(30)29(21(28)31)12-6-10-27(22(32)33)13-9-15-7-5-8-16(24)14-15/h5,7-8,14H,2-4,6,9-13H2,1H3,(H,25,26)(H,32,33). The highest BCUT2D eigenvalue weighted by Gasteiger charge is 2.18. The number of hydrogen-bond acceptors (Lipinski definition) is 4. The van der Waals surface area contributed by atoms with Crippen LogP contribution >= 0.6 is 11.6 Å². The molecule has 0 aliphatic rings. The lowest BCUT2D eigenvalue weighted by Gasteiger charge is -2.19. The Balaban J connectivity index is 1.74. The first-order valence-corrected chi connectivity index (χ1v) is 11.3. The highest BCUT2D eigenvalue weighted by Crippen LogP contribution is 2.11. The second kappa shape index (κ2) is 11.1. The largest absolute Gasteiger partial charge is 0.465 e. The van der Waals surface area contributed by atoms with Crippen molar-refractivity contribution in [3.05, 3.63) is 61.8 Å². The number of rotatable bonds is 11. The number of carboxylic acid groups (broad SMARTS) is 1. The number of imidazole rings is 1. The molecule has 9 nitrogen and oxygen atoms in total. The predicted molar refractivity (Wildman–Crippen MR) is 123 cm³/mol. The number of hydrogen-bond donors (Lipinski definition) is 2. The van der Waals surface area contributed by atoms with E-state index in [-0.39, 0.29) is 48.3 Å². The Morgan fingerprint density at radius 1 is 1.18 bits per heavy atom. The first-order chi connectivity index (χ1) is 15.8. The fourth-order valence-corrected chi connectivity index (χ4v) is 3.91.